The number of hydrogen-bond acceptors (Lipinski definition) is 3. The highest BCUT2D eigenvalue weighted by atomic mass is 32.2. The Morgan fingerprint density at radius 1 is 1.21 bits per heavy atom. The smallest absolute Gasteiger partial charge is 0.242 e. The lowest BCUT2D eigenvalue weighted by molar-refractivity contribution is -0.127. The standard InChI is InChI=1S/C13H20N2O3S/c1-5-11-8-6-7-9-12(11)15(19(4,17)18)10-13(16)14(2)3/h6-9H,5,10H2,1-4H3. The van der Waals surface area contributed by atoms with Crippen LogP contribution in [0.3, 0.4) is 0 Å². The fourth-order valence-electron chi connectivity index (χ4n) is 1.70. The Balaban J connectivity index is 3.22. The van der Waals surface area contributed by atoms with Crippen LogP contribution in [-0.4, -0.2) is 46.1 Å². The van der Waals surface area contributed by atoms with Gasteiger partial charge in [0.2, 0.25) is 15.9 Å². The summed E-state index contributed by atoms with van der Waals surface area (Å²) < 4.78 is 25.0. The van der Waals surface area contributed by atoms with Gasteiger partial charge >= 0.3 is 0 Å². The van der Waals surface area contributed by atoms with Crippen molar-refractivity contribution in [1.29, 1.82) is 0 Å². The molecule has 1 aromatic carbocycles. The van der Waals surface area contributed by atoms with Crippen LogP contribution >= 0.6 is 0 Å². The largest absolute Gasteiger partial charge is 0.347 e. The molecule has 0 aliphatic rings. The van der Waals surface area contributed by atoms with Gasteiger partial charge in [0.1, 0.15) is 6.54 Å². The van der Waals surface area contributed by atoms with E-state index in [1.165, 1.54) is 4.90 Å². The minimum atomic E-state index is -3.49. The van der Waals surface area contributed by atoms with Crippen LogP contribution in [0.5, 0.6) is 0 Å². The summed E-state index contributed by atoms with van der Waals surface area (Å²) in [6.45, 7) is 1.77. The molecule has 5 nitrogen and oxygen atoms in total. The van der Waals surface area contributed by atoms with Crippen molar-refractivity contribution in [3.05, 3.63) is 29.8 Å². The molecule has 19 heavy (non-hydrogen) atoms. The van der Waals surface area contributed by atoms with Crippen LogP contribution in [-0.2, 0) is 21.2 Å². The Morgan fingerprint density at radius 2 is 1.79 bits per heavy atom. The summed E-state index contributed by atoms with van der Waals surface area (Å²) in [6, 6.07) is 7.22. The molecule has 0 atom stereocenters. The molecular weight excluding hydrogens is 264 g/mol. The molecule has 0 unspecified atom stereocenters. The molecule has 0 saturated heterocycles. The first-order valence-electron chi connectivity index (χ1n) is 6.03. The predicted octanol–water partition coefficient (Wildman–Crippen LogP) is 1.10. The van der Waals surface area contributed by atoms with Crippen molar-refractivity contribution < 1.29 is 13.2 Å². The number of carbonyl (C=O) groups is 1. The Kier molecular flexibility index (Phi) is 4.94. The van der Waals surface area contributed by atoms with Gasteiger partial charge in [0, 0.05) is 14.1 Å². The van der Waals surface area contributed by atoms with E-state index in [0.717, 1.165) is 16.1 Å². The molecule has 0 bridgehead atoms. The summed E-state index contributed by atoms with van der Waals surface area (Å²) in [5.74, 6) is -0.253. The van der Waals surface area contributed by atoms with Crippen LogP contribution in [0, 0.1) is 0 Å². The summed E-state index contributed by atoms with van der Waals surface area (Å²) in [4.78, 5) is 13.2. The maximum atomic E-state index is 11.9. The van der Waals surface area contributed by atoms with Gasteiger partial charge in [-0.25, -0.2) is 8.42 Å². The first-order valence-corrected chi connectivity index (χ1v) is 7.88. The lowest BCUT2D eigenvalue weighted by Crippen LogP contribution is -2.40. The summed E-state index contributed by atoms with van der Waals surface area (Å²) >= 11 is 0. The van der Waals surface area contributed by atoms with E-state index in [-0.39, 0.29) is 12.5 Å². The Bertz CT molecular complexity index is 553. The van der Waals surface area contributed by atoms with Crippen molar-refractivity contribution in [3.63, 3.8) is 0 Å². The van der Waals surface area contributed by atoms with Crippen LogP contribution in [0.25, 0.3) is 0 Å². The first-order chi connectivity index (χ1) is 8.77. The van der Waals surface area contributed by atoms with E-state index in [9.17, 15) is 13.2 Å². The molecule has 0 heterocycles. The Hall–Kier alpha value is -1.56. The fraction of sp³-hybridized carbons (Fsp3) is 0.462. The van der Waals surface area contributed by atoms with Crippen LogP contribution < -0.4 is 4.31 Å². The molecule has 0 aromatic heterocycles. The van der Waals surface area contributed by atoms with Gasteiger partial charge in [0.25, 0.3) is 0 Å². The summed E-state index contributed by atoms with van der Waals surface area (Å²) in [5.41, 5.74) is 1.47. The van der Waals surface area contributed by atoms with Crippen molar-refractivity contribution in [3.8, 4) is 0 Å². The zero-order valence-corrected chi connectivity index (χ0v) is 12.6. The highest BCUT2D eigenvalue weighted by molar-refractivity contribution is 7.92. The minimum absolute atomic E-state index is 0.178. The predicted molar refractivity (Wildman–Crippen MR) is 76.7 cm³/mol. The molecule has 6 heteroatoms. The second-order valence-electron chi connectivity index (χ2n) is 4.54. The Labute approximate surface area is 114 Å². The number of benzene rings is 1. The molecule has 0 radical (unpaired) electrons. The number of rotatable bonds is 5. The second kappa shape index (κ2) is 6.06. The number of carbonyl (C=O) groups excluding carboxylic acids is 1. The van der Waals surface area contributed by atoms with Crippen LogP contribution in [0.4, 0.5) is 5.69 Å². The molecule has 0 aliphatic carbocycles. The van der Waals surface area contributed by atoms with Crippen LogP contribution in [0.1, 0.15) is 12.5 Å². The van der Waals surface area contributed by atoms with E-state index in [4.69, 9.17) is 0 Å². The van der Waals surface area contributed by atoms with E-state index in [2.05, 4.69) is 0 Å². The molecule has 0 N–H and O–H groups in total. The maximum Gasteiger partial charge on any atom is 0.242 e. The zero-order valence-electron chi connectivity index (χ0n) is 11.8. The van der Waals surface area contributed by atoms with Gasteiger partial charge in [-0.3, -0.25) is 9.10 Å². The fourth-order valence-corrected chi connectivity index (χ4v) is 2.58. The quantitative estimate of drug-likeness (QED) is 0.813. The molecule has 0 saturated carbocycles. The molecule has 0 aliphatic heterocycles. The normalized spacial score (nSPS) is 11.2. The monoisotopic (exact) mass is 284 g/mol. The third kappa shape index (κ3) is 3.96. The van der Waals surface area contributed by atoms with Gasteiger partial charge in [-0.1, -0.05) is 25.1 Å². The third-order valence-corrected chi connectivity index (χ3v) is 3.95. The average Bonchev–Trinajstić information content (AvgIpc) is 2.34. The van der Waals surface area contributed by atoms with Crippen molar-refractivity contribution >= 4 is 21.6 Å². The number of para-hydroxylation sites is 1. The molecule has 0 spiro atoms. The number of amides is 1. The van der Waals surface area contributed by atoms with Crippen LogP contribution in [0.2, 0.25) is 0 Å². The van der Waals surface area contributed by atoms with E-state index in [1.54, 1.807) is 26.2 Å². The number of nitrogens with zero attached hydrogens (tertiary/aromatic N) is 2. The minimum Gasteiger partial charge on any atom is -0.347 e. The number of anilines is 1. The van der Waals surface area contributed by atoms with E-state index >= 15 is 0 Å². The van der Waals surface area contributed by atoms with E-state index in [0.29, 0.717) is 12.1 Å². The number of aryl methyl sites for hydroxylation is 1. The summed E-state index contributed by atoms with van der Waals surface area (Å²) in [6.07, 6.45) is 1.82. The highest BCUT2D eigenvalue weighted by Crippen LogP contribution is 2.23. The van der Waals surface area contributed by atoms with Gasteiger partial charge in [-0.15, -0.1) is 0 Å². The zero-order chi connectivity index (χ0) is 14.6. The van der Waals surface area contributed by atoms with E-state index < -0.39 is 10.0 Å². The van der Waals surface area contributed by atoms with Crippen LogP contribution in [0.15, 0.2) is 24.3 Å². The lowest BCUT2D eigenvalue weighted by Gasteiger charge is -2.25. The van der Waals surface area contributed by atoms with Gasteiger partial charge in [-0.05, 0) is 18.1 Å². The second-order valence-corrected chi connectivity index (χ2v) is 6.45. The number of sulfonamides is 1. The Morgan fingerprint density at radius 3 is 2.26 bits per heavy atom. The van der Waals surface area contributed by atoms with E-state index in [1.807, 2.05) is 19.1 Å². The summed E-state index contributed by atoms with van der Waals surface area (Å²) in [7, 11) is -0.282. The molecule has 1 amide bonds. The molecular formula is C13H20N2O3S. The first kappa shape index (κ1) is 15.5. The van der Waals surface area contributed by atoms with Crippen molar-refractivity contribution in [2.75, 3.05) is 31.2 Å². The molecule has 106 valence electrons. The van der Waals surface area contributed by atoms with Gasteiger partial charge < -0.3 is 4.90 Å². The van der Waals surface area contributed by atoms with Crippen molar-refractivity contribution in [1.82, 2.24) is 4.90 Å². The lowest BCUT2D eigenvalue weighted by atomic mass is 10.1. The SMILES string of the molecule is CCc1ccccc1N(CC(=O)N(C)C)S(C)(=O)=O. The summed E-state index contributed by atoms with van der Waals surface area (Å²) in [5, 5.41) is 0. The number of likely N-dealkylation sites (N-methyl/N-ethyl adjacent to an activating group) is 1. The number of hydrogen-bond donors (Lipinski definition) is 0. The van der Waals surface area contributed by atoms with Gasteiger partial charge in [0.05, 0.1) is 11.9 Å². The highest BCUT2D eigenvalue weighted by Gasteiger charge is 2.23. The molecule has 1 aromatic rings. The maximum absolute atomic E-state index is 11.9. The van der Waals surface area contributed by atoms with Gasteiger partial charge in [0.15, 0.2) is 0 Å². The topological polar surface area (TPSA) is 57.7 Å². The molecule has 1 rings (SSSR count). The van der Waals surface area contributed by atoms with Crippen molar-refractivity contribution in [2.45, 2.75) is 13.3 Å². The third-order valence-electron chi connectivity index (χ3n) is 2.82. The average molecular weight is 284 g/mol. The van der Waals surface area contributed by atoms with Crippen molar-refractivity contribution in [2.24, 2.45) is 0 Å². The molecule has 0 fully saturated rings. The van der Waals surface area contributed by atoms with Gasteiger partial charge in [-0.2, -0.15) is 0 Å².